The zero-order chi connectivity index (χ0) is 38.9. The number of carbonyl (C=O) groups excluding carboxylic acids is 4. The Morgan fingerprint density at radius 1 is 0.558 bits per heavy atom. The van der Waals surface area contributed by atoms with Crippen molar-refractivity contribution < 1.29 is 33.4 Å². The van der Waals surface area contributed by atoms with Crippen LogP contribution in [-0.2, 0) is 45.2 Å². The van der Waals surface area contributed by atoms with Gasteiger partial charge in [-0.1, -0.05) is 83.1 Å². The number of hydrogen-bond donors (Lipinski definition) is 2. The van der Waals surface area contributed by atoms with Gasteiger partial charge in [0.15, 0.2) is 0 Å². The van der Waals surface area contributed by atoms with Crippen molar-refractivity contribution in [1.82, 2.24) is 9.80 Å². The van der Waals surface area contributed by atoms with Crippen LogP contribution in [0.5, 0.6) is 0 Å². The Balaban J connectivity index is 1.41. The molecule has 0 heterocycles. The zero-order valence-corrected chi connectivity index (χ0v) is 32.6. The van der Waals surface area contributed by atoms with E-state index in [9.17, 15) is 19.2 Å². The molecule has 2 N–H and O–H groups in total. The summed E-state index contributed by atoms with van der Waals surface area (Å²) in [6.45, 7) is 17.8. The number of carbonyl (C=O) groups is 4. The molecule has 0 atom stereocenters. The van der Waals surface area contributed by atoms with Gasteiger partial charge in [-0.3, -0.25) is 15.4 Å². The van der Waals surface area contributed by atoms with Gasteiger partial charge in [-0.25, -0.2) is 14.4 Å². The third-order valence-corrected chi connectivity index (χ3v) is 9.56. The molecular formula is C41H56N4O7. The fraction of sp³-hybridized carbons (Fsp3) is 0.463. The van der Waals surface area contributed by atoms with E-state index < -0.39 is 34.8 Å². The fourth-order valence-electron chi connectivity index (χ4n) is 5.27. The highest BCUT2D eigenvalue weighted by Gasteiger charge is 2.48. The Hall–Kier alpha value is -5.06. The Labute approximate surface area is 309 Å². The van der Waals surface area contributed by atoms with E-state index in [1.54, 1.807) is 67.5 Å². The topological polar surface area (TPSA) is 127 Å². The minimum Gasteiger partial charge on any atom is -0.445 e. The first kappa shape index (κ1) is 41.4. The molecule has 0 aliphatic carbocycles. The summed E-state index contributed by atoms with van der Waals surface area (Å²) in [5, 5.41) is 5.38. The maximum absolute atomic E-state index is 13.1. The lowest BCUT2D eigenvalue weighted by Gasteiger charge is -2.52. The van der Waals surface area contributed by atoms with Gasteiger partial charge in [0.2, 0.25) is 5.91 Å². The Morgan fingerprint density at radius 3 is 1.29 bits per heavy atom. The van der Waals surface area contributed by atoms with Crippen LogP contribution in [-0.4, -0.2) is 59.2 Å². The van der Waals surface area contributed by atoms with E-state index in [1.807, 2.05) is 60.6 Å². The predicted molar refractivity (Wildman–Crippen MR) is 204 cm³/mol. The van der Waals surface area contributed by atoms with Crippen LogP contribution in [0.2, 0.25) is 0 Å². The van der Waals surface area contributed by atoms with Crippen LogP contribution in [0.4, 0.5) is 25.8 Å². The summed E-state index contributed by atoms with van der Waals surface area (Å²) in [5.74, 6) is 0.551. The lowest BCUT2D eigenvalue weighted by atomic mass is 9.78. The van der Waals surface area contributed by atoms with Crippen LogP contribution >= 0.6 is 0 Å². The van der Waals surface area contributed by atoms with E-state index in [1.165, 1.54) is 10.5 Å². The number of anilines is 2. The molecule has 0 unspecified atom stereocenters. The minimum absolute atomic E-state index is 0.0239. The number of nitrogens with one attached hydrogen (secondary N) is 2. The lowest BCUT2D eigenvalue weighted by Crippen LogP contribution is -2.66. The third-order valence-electron chi connectivity index (χ3n) is 9.56. The largest absolute Gasteiger partial charge is 0.445 e. The molecule has 0 aliphatic rings. The molecule has 0 saturated carbocycles. The first-order valence-electron chi connectivity index (χ1n) is 17.5. The maximum atomic E-state index is 13.1. The number of rotatable bonds is 13. The van der Waals surface area contributed by atoms with Gasteiger partial charge in [0.1, 0.15) is 19.8 Å². The first-order valence-corrected chi connectivity index (χ1v) is 17.5. The maximum Gasteiger partial charge on any atom is 0.411 e. The van der Waals surface area contributed by atoms with Gasteiger partial charge in [-0.2, -0.15) is 0 Å². The molecule has 0 spiro atoms. The number of benzene rings is 3. The van der Waals surface area contributed by atoms with E-state index in [-0.39, 0.29) is 25.7 Å². The summed E-state index contributed by atoms with van der Waals surface area (Å²) in [7, 11) is 3.42. The van der Waals surface area contributed by atoms with Crippen LogP contribution in [0.3, 0.4) is 0 Å². The smallest absolute Gasteiger partial charge is 0.411 e. The summed E-state index contributed by atoms with van der Waals surface area (Å²) >= 11 is 0. The normalized spacial score (nSPS) is 11.8. The molecule has 3 aromatic rings. The summed E-state index contributed by atoms with van der Waals surface area (Å²) in [6, 6.07) is 21.8. The second-order valence-corrected chi connectivity index (χ2v) is 15.6. The number of ether oxygens (including phenoxy) is 3. The molecule has 0 aromatic heterocycles. The molecule has 3 rings (SSSR count). The van der Waals surface area contributed by atoms with Crippen molar-refractivity contribution in [2.45, 2.75) is 99.6 Å². The highest BCUT2D eigenvalue weighted by atomic mass is 16.6. The highest BCUT2D eigenvalue weighted by molar-refractivity contribution is 5.85. The van der Waals surface area contributed by atoms with Crippen molar-refractivity contribution in [2.24, 2.45) is 11.3 Å². The average molecular weight is 717 g/mol. The zero-order valence-electron chi connectivity index (χ0n) is 32.6. The van der Waals surface area contributed by atoms with E-state index >= 15 is 0 Å². The average Bonchev–Trinajstić information content (AvgIpc) is 3.08. The standard InChI is InChI=1S/C41H56N4O7/c1-28(2)24-29-12-14-30(15-13-29)25-50-36(47)42-33-20-16-31(17-21-33)26-51-37(48)43-34-22-18-32(19-23-34)27-52-38(49)45(11)41(8,9)40(6,7)44(10)35(46)39(3,4)5/h12-23,28H,24-27H2,1-11H3,(H,42,47)(H,43,48). The van der Waals surface area contributed by atoms with Crippen molar-refractivity contribution in [3.05, 3.63) is 95.1 Å². The minimum atomic E-state index is -0.762. The van der Waals surface area contributed by atoms with E-state index in [0.29, 0.717) is 17.3 Å². The summed E-state index contributed by atoms with van der Waals surface area (Å²) in [4.78, 5) is 54.0. The first-order chi connectivity index (χ1) is 24.2. The molecular weight excluding hydrogens is 660 g/mol. The number of likely N-dealkylation sites (N-methyl/N-ethyl adjacent to an activating group) is 2. The molecule has 0 radical (unpaired) electrons. The monoisotopic (exact) mass is 716 g/mol. The van der Waals surface area contributed by atoms with Crippen LogP contribution in [0.25, 0.3) is 0 Å². The number of nitrogens with zero attached hydrogens (tertiary/aromatic N) is 2. The third kappa shape index (κ3) is 11.5. The van der Waals surface area contributed by atoms with Crippen molar-refractivity contribution in [1.29, 1.82) is 0 Å². The molecule has 11 nitrogen and oxygen atoms in total. The molecule has 0 saturated heterocycles. The van der Waals surface area contributed by atoms with E-state index in [0.717, 1.165) is 23.1 Å². The van der Waals surface area contributed by atoms with Crippen molar-refractivity contribution >= 4 is 35.6 Å². The van der Waals surface area contributed by atoms with Crippen molar-refractivity contribution in [3.63, 3.8) is 0 Å². The van der Waals surface area contributed by atoms with Gasteiger partial charge in [-0.15, -0.1) is 0 Å². The van der Waals surface area contributed by atoms with Crippen LogP contribution in [0, 0.1) is 11.3 Å². The Bertz CT molecular complexity index is 1660. The van der Waals surface area contributed by atoms with Gasteiger partial charge < -0.3 is 24.0 Å². The Morgan fingerprint density at radius 2 is 0.904 bits per heavy atom. The molecule has 4 amide bonds. The number of amides is 4. The number of hydrogen-bond acceptors (Lipinski definition) is 7. The van der Waals surface area contributed by atoms with Crippen molar-refractivity contribution in [3.8, 4) is 0 Å². The molecule has 0 fully saturated rings. The van der Waals surface area contributed by atoms with Crippen LogP contribution < -0.4 is 10.6 Å². The molecule has 282 valence electrons. The molecule has 0 aliphatic heterocycles. The summed E-state index contributed by atoms with van der Waals surface area (Å²) in [5.41, 5.74) is 2.65. The lowest BCUT2D eigenvalue weighted by molar-refractivity contribution is -0.148. The Kier molecular flexibility index (Phi) is 13.9. The molecule has 52 heavy (non-hydrogen) atoms. The SMILES string of the molecule is CC(C)Cc1ccc(COC(=O)Nc2ccc(COC(=O)Nc3ccc(COC(=O)N(C)C(C)(C)C(C)(C)N(C)C(=O)C(C)(C)C)cc3)cc2)cc1. The van der Waals surface area contributed by atoms with Gasteiger partial charge in [-0.05, 0) is 86.6 Å². The second kappa shape index (κ2) is 17.4. The second-order valence-electron chi connectivity index (χ2n) is 15.6. The summed E-state index contributed by atoms with van der Waals surface area (Å²) < 4.78 is 16.3. The van der Waals surface area contributed by atoms with Crippen molar-refractivity contribution in [2.75, 3.05) is 24.7 Å². The van der Waals surface area contributed by atoms with Gasteiger partial charge in [0.05, 0.1) is 11.1 Å². The predicted octanol–water partition coefficient (Wildman–Crippen LogP) is 9.01. The quantitative estimate of drug-likeness (QED) is 0.169. The van der Waals surface area contributed by atoms with E-state index in [4.69, 9.17) is 14.2 Å². The summed E-state index contributed by atoms with van der Waals surface area (Å²) in [6.07, 6.45) is -0.719. The van der Waals surface area contributed by atoms with Crippen LogP contribution in [0.1, 0.15) is 84.6 Å². The van der Waals surface area contributed by atoms with Gasteiger partial charge in [0.25, 0.3) is 0 Å². The van der Waals surface area contributed by atoms with Gasteiger partial charge >= 0.3 is 18.3 Å². The fourth-order valence-corrected chi connectivity index (χ4v) is 5.27. The van der Waals surface area contributed by atoms with Crippen LogP contribution in [0.15, 0.2) is 72.8 Å². The molecule has 0 bridgehead atoms. The van der Waals surface area contributed by atoms with Gasteiger partial charge in [0, 0.05) is 30.9 Å². The molecule has 11 heteroatoms. The van der Waals surface area contributed by atoms with E-state index in [2.05, 4.69) is 36.6 Å². The molecule has 3 aromatic carbocycles. The highest BCUT2D eigenvalue weighted by Crippen LogP contribution is 2.35.